The number of aromatic nitrogens is 2. The highest BCUT2D eigenvalue weighted by molar-refractivity contribution is 9.10. The van der Waals surface area contributed by atoms with E-state index in [2.05, 4.69) is 25.9 Å². The Labute approximate surface area is 99.5 Å². The lowest BCUT2D eigenvalue weighted by Crippen LogP contribution is -1.95. The molecule has 1 aromatic heterocycles. The van der Waals surface area contributed by atoms with E-state index >= 15 is 0 Å². The zero-order valence-corrected chi connectivity index (χ0v) is 9.61. The van der Waals surface area contributed by atoms with Crippen molar-refractivity contribution in [3.8, 4) is 11.3 Å². The number of benzene rings is 1. The summed E-state index contributed by atoms with van der Waals surface area (Å²) in [7, 11) is 0. The number of nitrogens with zero attached hydrogens (tertiary/aromatic N) is 2. The maximum Gasteiger partial charge on any atom is 0.193 e. The van der Waals surface area contributed by atoms with Crippen molar-refractivity contribution in [2.24, 2.45) is 0 Å². The number of halogens is 2. The topological polar surface area (TPSA) is 42.9 Å². The fourth-order valence-corrected chi connectivity index (χ4v) is 1.64. The Morgan fingerprint density at radius 1 is 1.31 bits per heavy atom. The molecule has 2 rings (SSSR count). The number of carbonyl (C=O) groups excluding carboxylic acids is 1. The van der Waals surface area contributed by atoms with E-state index in [1.165, 1.54) is 12.3 Å². The maximum atomic E-state index is 13.5. The Balaban J connectivity index is 2.57. The Hall–Kier alpha value is -1.62. The number of hydrogen-bond donors (Lipinski definition) is 0. The molecule has 16 heavy (non-hydrogen) atoms. The third kappa shape index (κ3) is 2.14. The van der Waals surface area contributed by atoms with Crippen LogP contribution in [0.3, 0.4) is 0 Å². The van der Waals surface area contributed by atoms with Crippen LogP contribution in [0.5, 0.6) is 0 Å². The molecule has 1 aromatic carbocycles. The number of rotatable bonds is 2. The van der Waals surface area contributed by atoms with Gasteiger partial charge in [0.25, 0.3) is 0 Å². The molecule has 0 aliphatic carbocycles. The molecule has 0 spiro atoms. The molecular formula is C11H6BrFN2O. The van der Waals surface area contributed by atoms with Gasteiger partial charge >= 0.3 is 0 Å². The summed E-state index contributed by atoms with van der Waals surface area (Å²) < 4.78 is 14.3. The molecule has 2 aromatic rings. The predicted octanol–water partition coefficient (Wildman–Crippen LogP) is 2.86. The van der Waals surface area contributed by atoms with Gasteiger partial charge in [-0.05, 0) is 24.3 Å². The first-order valence-electron chi connectivity index (χ1n) is 4.44. The van der Waals surface area contributed by atoms with Crippen molar-refractivity contribution in [2.75, 3.05) is 0 Å². The van der Waals surface area contributed by atoms with Crippen LogP contribution in [0.25, 0.3) is 11.3 Å². The van der Waals surface area contributed by atoms with Crippen LogP contribution in [0.15, 0.2) is 34.9 Å². The molecule has 0 saturated heterocycles. The quantitative estimate of drug-likeness (QED) is 0.795. The largest absolute Gasteiger partial charge is 0.294 e. The smallest absolute Gasteiger partial charge is 0.193 e. The summed E-state index contributed by atoms with van der Waals surface area (Å²) in [6, 6.07) is 6.09. The lowest BCUT2D eigenvalue weighted by atomic mass is 10.1. The normalized spacial score (nSPS) is 10.1. The summed E-state index contributed by atoms with van der Waals surface area (Å²) in [5, 5.41) is 0. The van der Waals surface area contributed by atoms with E-state index in [9.17, 15) is 9.18 Å². The minimum Gasteiger partial charge on any atom is -0.294 e. The molecule has 0 fully saturated rings. The first-order valence-corrected chi connectivity index (χ1v) is 5.23. The van der Waals surface area contributed by atoms with Crippen molar-refractivity contribution in [3.05, 3.63) is 46.6 Å². The second-order valence-corrected chi connectivity index (χ2v) is 3.96. The van der Waals surface area contributed by atoms with Gasteiger partial charge < -0.3 is 0 Å². The molecule has 0 aliphatic heterocycles. The summed E-state index contributed by atoms with van der Waals surface area (Å²) in [5.74, 6) is -0.351. The monoisotopic (exact) mass is 280 g/mol. The van der Waals surface area contributed by atoms with E-state index in [0.29, 0.717) is 17.5 Å². The van der Waals surface area contributed by atoms with Crippen molar-refractivity contribution < 1.29 is 9.18 Å². The van der Waals surface area contributed by atoms with Crippen LogP contribution in [0.4, 0.5) is 4.39 Å². The molecule has 0 unspecified atom stereocenters. The number of aldehydes is 1. The molecule has 5 heteroatoms. The minimum absolute atomic E-state index is 0.0388. The van der Waals surface area contributed by atoms with Gasteiger partial charge in [0.1, 0.15) is 5.82 Å². The molecule has 0 bridgehead atoms. The molecule has 1 heterocycles. The number of carbonyl (C=O) groups is 1. The highest BCUT2D eigenvalue weighted by Crippen LogP contribution is 2.24. The van der Waals surface area contributed by atoms with Gasteiger partial charge in [-0.25, -0.2) is 14.4 Å². The molecule has 0 N–H and O–H groups in total. The van der Waals surface area contributed by atoms with Crippen molar-refractivity contribution in [1.29, 1.82) is 0 Å². The van der Waals surface area contributed by atoms with Gasteiger partial charge in [-0.2, -0.15) is 0 Å². The van der Waals surface area contributed by atoms with Gasteiger partial charge in [0.05, 0.1) is 5.69 Å². The first kappa shape index (κ1) is 10.9. The zero-order valence-electron chi connectivity index (χ0n) is 8.02. The van der Waals surface area contributed by atoms with Gasteiger partial charge in [-0.15, -0.1) is 0 Å². The summed E-state index contributed by atoms with van der Waals surface area (Å²) in [6.45, 7) is 0. The second kappa shape index (κ2) is 4.49. The van der Waals surface area contributed by atoms with E-state index in [4.69, 9.17) is 0 Å². The van der Waals surface area contributed by atoms with Crippen molar-refractivity contribution in [1.82, 2.24) is 9.97 Å². The SMILES string of the molecule is O=Cc1nccc(-c2cc(Br)ccc2F)n1. The molecule has 0 atom stereocenters. The molecule has 0 saturated carbocycles. The van der Waals surface area contributed by atoms with Crippen molar-refractivity contribution in [2.45, 2.75) is 0 Å². The Morgan fingerprint density at radius 3 is 2.88 bits per heavy atom. The Bertz CT molecular complexity index is 545. The van der Waals surface area contributed by atoms with Crippen LogP contribution in [0.1, 0.15) is 10.6 Å². The highest BCUT2D eigenvalue weighted by atomic mass is 79.9. The summed E-state index contributed by atoms with van der Waals surface area (Å²) >= 11 is 3.25. The summed E-state index contributed by atoms with van der Waals surface area (Å²) in [6.07, 6.45) is 1.95. The fraction of sp³-hybridized carbons (Fsp3) is 0. The van der Waals surface area contributed by atoms with Crippen LogP contribution in [-0.2, 0) is 0 Å². The Morgan fingerprint density at radius 2 is 2.12 bits per heavy atom. The third-order valence-corrected chi connectivity index (χ3v) is 2.48. The standard InChI is InChI=1S/C11H6BrFN2O/c12-7-1-2-9(13)8(5-7)10-3-4-14-11(6-16)15-10/h1-6H. The molecule has 80 valence electrons. The van der Waals surface area contributed by atoms with Crippen LogP contribution in [0, 0.1) is 5.82 Å². The van der Waals surface area contributed by atoms with E-state index in [0.717, 1.165) is 4.47 Å². The van der Waals surface area contributed by atoms with Gasteiger partial charge in [0, 0.05) is 16.2 Å². The highest BCUT2D eigenvalue weighted by Gasteiger charge is 2.07. The lowest BCUT2D eigenvalue weighted by Gasteiger charge is -2.03. The first-order chi connectivity index (χ1) is 7.70. The summed E-state index contributed by atoms with van der Waals surface area (Å²) in [4.78, 5) is 18.2. The van der Waals surface area contributed by atoms with Crippen LogP contribution in [0.2, 0.25) is 0 Å². The third-order valence-electron chi connectivity index (χ3n) is 1.98. The van der Waals surface area contributed by atoms with Gasteiger partial charge in [0.15, 0.2) is 12.1 Å². The average molecular weight is 281 g/mol. The number of hydrogen-bond acceptors (Lipinski definition) is 3. The van der Waals surface area contributed by atoms with Gasteiger partial charge in [-0.3, -0.25) is 4.79 Å². The Kier molecular flexibility index (Phi) is 3.05. The minimum atomic E-state index is -0.390. The molecule has 3 nitrogen and oxygen atoms in total. The van der Waals surface area contributed by atoms with E-state index in [-0.39, 0.29) is 5.82 Å². The molecule has 0 radical (unpaired) electrons. The fourth-order valence-electron chi connectivity index (χ4n) is 1.27. The molecule has 0 amide bonds. The van der Waals surface area contributed by atoms with Crippen molar-refractivity contribution in [3.63, 3.8) is 0 Å². The van der Waals surface area contributed by atoms with E-state index < -0.39 is 5.82 Å². The second-order valence-electron chi connectivity index (χ2n) is 3.04. The van der Waals surface area contributed by atoms with Gasteiger partial charge in [0.2, 0.25) is 0 Å². The van der Waals surface area contributed by atoms with Crippen LogP contribution in [-0.4, -0.2) is 16.3 Å². The molecular weight excluding hydrogens is 275 g/mol. The van der Waals surface area contributed by atoms with Gasteiger partial charge in [-0.1, -0.05) is 15.9 Å². The zero-order chi connectivity index (χ0) is 11.5. The van der Waals surface area contributed by atoms with E-state index in [1.54, 1.807) is 18.2 Å². The summed E-state index contributed by atoms with van der Waals surface area (Å²) in [5.41, 5.74) is 0.718. The average Bonchev–Trinajstić information content (AvgIpc) is 2.32. The maximum absolute atomic E-state index is 13.5. The van der Waals surface area contributed by atoms with Crippen molar-refractivity contribution >= 4 is 22.2 Å². The van der Waals surface area contributed by atoms with Crippen LogP contribution >= 0.6 is 15.9 Å². The van der Waals surface area contributed by atoms with E-state index in [1.807, 2.05) is 0 Å². The predicted molar refractivity (Wildman–Crippen MR) is 60.5 cm³/mol. The van der Waals surface area contributed by atoms with Crippen LogP contribution < -0.4 is 0 Å². The molecule has 0 aliphatic rings. The lowest BCUT2D eigenvalue weighted by molar-refractivity contribution is 0.111.